The van der Waals surface area contributed by atoms with E-state index in [-0.39, 0.29) is 0 Å². The van der Waals surface area contributed by atoms with E-state index in [0.717, 1.165) is 27.6 Å². The lowest BCUT2D eigenvalue weighted by molar-refractivity contribution is 0.210. The average molecular weight is 340 g/mol. The number of nitrogens with one attached hydrogen (secondary N) is 1. The molecular weight excluding hydrogens is 320 g/mol. The molecule has 3 N–H and O–H groups in total. The van der Waals surface area contributed by atoms with Gasteiger partial charge in [0.1, 0.15) is 5.76 Å². The van der Waals surface area contributed by atoms with Crippen LogP contribution >= 0.6 is 0 Å². The molecule has 1 aromatic carbocycles. The summed E-state index contributed by atoms with van der Waals surface area (Å²) < 4.78 is 6.85. The normalized spacial score (nSPS) is 10.7. The molecule has 0 saturated heterocycles. The Morgan fingerprint density at radius 3 is 2.76 bits per heavy atom. The average Bonchev–Trinajstić information content (AvgIpc) is 3.17. The standard InChI is InChI=1S/C17H20N6O2/c1-12-16(13(2)25-21-12)11-22-10-15(8-19-22)20-17(24)23(18)9-14-6-4-3-5-7-14/h3-8,10H,9,11,18H2,1-2H3,(H,20,24). The molecule has 2 amide bonds. The third kappa shape index (κ3) is 4.04. The van der Waals surface area contributed by atoms with E-state index in [1.165, 1.54) is 0 Å². The van der Waals surface area contributed by atoms with E-state index in [0.29, 0.717) is 18.8 Å². The van der Waals surface area contributed by atoms with E-state index in [2.05, 4.69) is 15.6 Å². The number of hydrogen-bond acceptors (Lipinski definition) is 5. The number of carbonyl (C=O) groups is 1. The predicted molar refractivity (Wildman–Crippen MR) is 92.5 cm³/mol. The van der Waals surface area contributed by atoms with Crippen molar-refractivity contribution < 1.29 is 9.32 Å². The summed E-state index contributed by atoms with van der Waals surface area (Å²) in [5, 5.41) is 12.0. The van der Waals surface area contributed by atoms with Crippen LogP contribution in [0.2, 0.25) is 0 Å². The van der Waals surface area contributed by atoms with E-state index in [1.807, 2.05) is 44.2 Å². The Hall–Kier alpha value is -3.13. The summed E-state index contributed by atoms with van der Waals surface area (Å²) in [7, 11) is 0. The van der Waals surface area contributed by atoms with Crippen LogP contribution in [0.1, 0.15) is 22.6 Å². The van der Waals surface area contributed by atoms with Crippen LogP contribution in [0.15, 0.2) is 47.2 Å². The number of aryl methyl sites for hydroxylation is 2. The largest absolute Gasteiger partial charge is 0.361 e. The second-order valence-corrected chi connectivity index (χ2v) is 5.77. The Balaban J connectivity index is 1.60. The molecular formula is C17H20N6O2. The van der Waals surface area contributed by atoms with Gasteiger partial charge in [-0.3, -0.25) is 9.69 Å². The van der Waals surface area contributed by atoms with Crippen molar-refractivity contribution in [1.29, 1.82) is 0 Å². The highest BCUT2D eigenvalue weighted by molar-refractivity contribution is 5.88. The third-order valence-corrected chi connectivity index (χ3v) is 3.84. The van der Waals surface area contributed by atoms with Crippen molar-refractivity contribution in [3.8, 4) is 0 Å². The van der Waals surface area contributed by atoms with Gasteiger partial charge in [0.05, 0.1) is 30.7 Å². The Labute approximate surface area is 145 Å². The van der Waals surface area contributed by atoms with E-state index in [9.17, 15) is 4.79 Å². The molecule has 2 heterocycles. The number of rotatable bonds is 5. The molecule has 0 fully saturated rings. The molecule has 130 valence electrons. The molecule has 0 unspecified atom stereocenters. The SMILES string of the molecule is Cc1noc(C)c1Cn1cc(NC(=O)N(N)Cc2ccccc2)cn1. The molecule has 3 aromatic rings. The molecule has 0 aliphatic rings. The lowest BCUT2D eigenvalue weighted by atomic mass is 10.2. The fraction of sp³-hybridized carbons (Fsp3) is 0.235. The number of benzene rings is 1. The highest BCUT2D eigenvalue weighted by Crippen LogP contribution is 2.15. The summed E-state index contributed by atoms with van der Waals surface area (Å²) in [5.41, 5.74) is 3.33. The van der Waals surface area contributed by atoms with Crippen molar-refractivity contribution in [2.24, 2.45) is 5.84 Å². The number of amides is 2. The zero-order chi connectivity index (χ0) is 17.8. The number of hydrogen-bond donors (Lipinski definition) is 2. The van der Waals surface area contributed by atoms with Crippen LogP contribution < -0.4 is 11.2 Å². The Morgan fingerprint density at radius 1 is 1.32 bits per heavy atom. The molecule has 0 saturated carbocycles. The Kier molecular flexibility index (Phi) is 4.80. The van der Waals surface area contributed by atoms with Gasteiger partial charge < -0.3 is 9.84 Å². The van der Waals surface area contributed by atoms with Crippen molar-refractivity contribution in [1.82, 2.24) is 19.9 Å². The maximum atomic E-state index is 12.2. The van der Waals surface area contributed by atoms with E-state index in [4.69, 9.17) is 10.4 Å². The van der Waals surface area contributed by atoms with Crippen molar-refractivity contribution >= 4 is 11.7 Å². The molecule has 0 radical (unpaired) electrons. The van der Waals surface area contributed by atoms with Crippen LogP contribution in [0.5, 0.6) is 0 Å². The van der Waals surface area contributed by atoms with Crippen molar-refractivity contribution in [3.05, 3.63) is 65.3 Å². The molecule has 0 atom stereocenters. The second-order valence-electron chi connectivity index (χ2n) is 5.77. The maximum Gasteiger partial charge on any atom is 0.336 e. The first kappa shape index (κ1) is 16.7. The lowest BCUT2D eigenvalue weighted by Gasteiger charge is -2.16. The van der Waals surface area contributed by atoms with E-state index in [1.54, 1.807) is 17.1 Å². The summed E-state index contributed by atoms with van der Waals surface area (Å²) in [4.78, 5) is 12.2. The Bertz CT molecular complexity index is 836. The van der Waals surface area contributed by atoms with Gasteiger partial charge in [0.15, 0.2) is 0 Å². The van der Waals surface area contributed by atoms with Crippen LogP contribution in [-0.4, -0.2) is 26.0 Å². The predicted octanol–water partition coefficient (Wildman–Crippen LogP) is 2.44. The quantitative estimate of drug-likeness (QED) is 0.422. The highest BCUT2D eigenvalue weighted by atomic mass is 16.5. The molecule has 2 aromatic heterocycles. The van der Waals surface area contributed by atoms with Gasteiger partial charge in [-0.2, -0.15) is 5.10 Å². The smallest absolute Gasteiger partial charge is 0.336 e. The number of hydrazine groups is 1. The number of anilines is 1. The molecule has 0 bridgehead atoms. The van der Waals surface area contributed by atoms with Crippen molar-refractivity contribution in [2.75, 3.05) is 5.32 Å². The number of nitrogens with zero attached hydrogens (tertiary/aromatic N) is 4. The van der Waals surface area contributed by atoms with Gasteiger partial charge in [-0.1, -0.05) is 35.5 Å². The summed E-state index contributed by atoms with van der Waals surface area (Å²) in [6.07, 6.45) is 3.31. The van der Waals surface area contributed by atoms with Gasteiger partial charge in [-0.25, -0.2) is 10.6 Å². The number of nitrogens with two attached hydrogens (primary N) is 1. The van der Waals surface area contributed by atoms with E-state index < -0.39 is 6.03 Å². The monoisotopic (exact) mass is 340 g/mol. The van der Waals surface area contributed by atoms with Gasteiger partial charge in [0.25, 0.3) is 0 Å². The minimum absolute atomic E-state index is 0.319. The highest BCUT2D eigenvalue weighted by Gasteiger charge is 2.13. The zero-order valence-corrected chi connectivity index (χ0v) is 14.1. The minimum atomic E-state index is -0.402. The second kappa shape index (κ2) is 7.18. The fourth-order valence-electron chi connectivity index (χ4n) is 2.45. The molecule has 0 spiro atoms. The molecule has 25 heavy (non-hydrogen) atoms. The first-order valence-electron chi connectivity index (χ1n) is 7.84. The Morgan fingerprint density at radius 2 is 2.08 bits per heavy atom. The van der Waals surface area contributed by atoms with Crippen molar-refractivity contribution in [2.45, 2.75) is 26.9 Å². The molecule has 8 nitrogen and oxygen atoms in total. The molecule has 8 heteroatoms. The summed E-state index contributed by atoms with van der Waals surface area (Å²) in [5.74, 6) is 6.59. The maximum absolute atomic E-state index is 12.2. The van der Waals surface area contributed by atoms with Crippen LogP contribution in [-0.2, 0) is 13.1 Å². The van der Waals surface area contributed by atoms with Gasteiger partial charge in [0.2, 0.25) is 0 Å². The van der Waals surface area contributed by atoms with Gasteiger partial charge in [-0.15, -0.1) is 0 Å². The van der Waals surface area contributed by atoms with E-state index >= 15 is 0 Å². The topological polar surface area (TPSA) is 102 Å². The summed E-state index contributed by atoms with van der Waals surface area (Å²) in [6, 6.07) is 9.14. The fourth-order valence-corrected chi connectivity index (χ4v) is 2.45. The van der Waals surface area contributed by atoms with Gasteiger partial charge in [-0.05, 0) is 19.4 Å². The molecule has 0 aliphatic carbocycles. The first-order chi connectivity index (χ1) is 12.0. The molecule has 3 rings (SSSR count). The molecule has 0 aliphatic heterocycles. The number of carbonyl (C=O) groups excluding carboxylic acids is 1. The van der Waals surface area contributed by atoms with Gasteiger partial charge in [0, 0.05) is 11.8 Å². The van der Waals surface area contributed by atoms with Crippen LogP contribution in [0.4, 0.5) is 10.5 Å². The third-order valence-electron chi connectivity index (χ3n) is 3.84. The summed E-state index contributed by atoms with van der Waals surface area (Å²) in [6.45, 7) is 4.58. The first-order valence-corrected chi connectivity index (χ1v) is 7.84. The van der Waals surface area contributed by atoms with Gasteiger partial charge >= 0.3 is 6.03 Å². The number of aromatic nitrogens is 3. The minimum Gasteiger partial charge on any atom is -0.361 e. The zero-order valence-electron chi connectivity index (χ0n) is 14.1. The van der Waals surface area contributed by atoms with Crippen LogP contribution in [0, 0.1) is 13.8 Å². The summed E-state index contributed by atoms with van der Waals surface area (Å²) >= 11 is 0. The van der Waals surface area contributed by atoms with Crippen LogP contribution in [0.25, 0.3) is 0 Å². The number of urea groups is 1. The van der Waals surface area contributed by atoms with Crippen LogP contribution in [0.3, 0.4) is 0 Å². The lowest BCUT2D eigenvalue weighted by Crippen LogP contribution is -2.39. The van der Waals surface area contributed by atoms with Crippen molar-refractivity contribution in [3.63, 3.8) is 0 Å².